The number of morpholine rings is 1. The van der Waals surface area contributed by atoms with Crippen molar-refractivity contribution in [3.05, 3.63) is 76.8 Å². The highest BCUT2D eigenvalue weighted by atomic mass is 35.5. The van der Waals surface area contributed by atoms with Crippen LogP contribution in [-0.2, 0) is 11.2 Å². The van der Waals surface area contributed by atoms with Crippen LogP contribution < -0.4 is 9.64 Å². The molecular formula is C25H23ClFN3O2. The van der Waals surface area contributed by atoms with Crippen LogP contribution >= 0.6 is 11.6 Å². The van der Waals surface area contributed by atoms with Crippen LogP contribution in [0.4, 0.5) is 10.1 Å². The number of aromatic amines is 1. The van der Waals surface area contributed by atoms with Crippen LogP contribution in [0.5, 0.6) is 5.75 Å². The van der Waals surface area contributed by atoms with E-state index in [-0.39, 0.29) is 5.75 Å². The highest BCUT2D eigenvalue weighted by molar-refractivity contribution is 6.33. The second kappa shape index (κ2) is 8.81. The number of halogens is 2. The lowest BCUT2D eigenvalue weighted by molar-refractivity contribution is 0.122. The molecule has 1 saturated heterocycles. The molecule has 0 aliphatic carbocycles. The lowest BCUT2D eigenvalue weighted by Crippen LogP contribution is -2.36. The molecule has 32 heavy (non-hydrogen) atoms. The number of benzene rings is 2. The summed E-state index contributed by atoms with van der Waals surface area (Å²) in [4.78, 5) is 10.00. The molecule has 7 heteroatoms. The Hall–Kier alpha value is -3.09. The van der Waals surface area contributed by atoms with Crippen molar-refractivity contribution < 1.29 is 13.9 Å². The molecule has 5 nitrogen and oxygen atoms in total. The maximum Gasteiger partial charge on any atom is 0.165 e. The number of ether oxygens (including phenoxy) is 2. The van der Waals surface area contributed by atoms with Gasteiger partial charge in [0, 0.05) is 42.0 Å². The number of nitrogens with zero attached hydrogens (tertiary/aromatic N) is 2. The van der Waals surface area contributed by atoms with E-state index in [9.17, 15) is 4.39 Å². The zero-order valence-electron chi connectivity index (χ0n) is 17.7. The first-order valence-electron chi connectivity index (χ1n) is 10.5. The Bertz CT molecular complexity index is 1270. The molecule has 4 aromatic rings. The number of para-hydroxylation sites is 1. The number of fused-ring (bicyclic) bond motifs is 1. The van der Waals surface area contributed by atoms with Gasteiger partial charge in [0.1, 0.15) is 5.65 Å². The largest absolute Gasteiger partial charge is 0.493 e. The number of hydrogen-bond donors (Lipinski definition) is 1. The van der Waals surface area contributed by atoms with E-state index in [1.54, 1.807) is 6.07 Å². The van der Waals surface area contributed by atoms with Crippen LogP contribution in [0.25, 0.3) is 22.2 Å². The molecule has 0 saturated carbocycles. The summed E-state index contributed by atoms with van der Waals surface area (Å²) in [5.41, 5.74) is 5.48. The first kappa shape index (κ1) is 20.8. The molecule has 3 heterocycles. The molecule has 0 radical (unpaired) electrons. The first-order valence-corrected chi connectivity index (χ1v) is 10.9. The van der Waals surface area contributed by atoms with E-state index < -0.39 is 5.82 Å². The number of rotatable bonds is 5. The minimum atomic E-state index is -0.390. The number of anilines is 1. The smallest absolute Gasteiger partial charge is 0.165 e. The van der Waals surface area contributed by atoms with Gasteiger partial charge in [0.25, 0.3) is 0 Å². The molecule has 164 valence electrons. The van der Waals surface area contributed by atoms with Gasteiger partial charge in [-0.3, -0.25) is 0 Å². The zero-order chi connectivity index (χ0) is 22.1. The van der Waals surface area contributed by atoms with Crippen LogP contribution in [0.2, 0.25) is 5.02 Å². The molecule has 1 fully saturated rings. The minimum Gasteiger partial charge on any atom is -0.493 e. The SMILES string of the molecule is COc1c(F)cccc1-c1c[nH]c2ncc(Cc3ccc(N4CCOCC4)c(Cl)c3)cc12. The van der Waals surface area contributed by atoms with E-state index >= 15 is 0 Å². The van der Waals surface area contributed by atoms with Crippen LogP contribution in [0.1, 0.15) is 11.1 Å². The normalized spacial score (nSPS) is 14.2. The van der Waals surface area contributed by atoms with Crippen molar-refractivity contribution in [1.82, 2.24) is 9.97 Å². The van der Waals surface area contributed by atoms with Gasteiger partial charge in [-0.15, -0.1) is 0 Å². The average molecular weight is 452 g/mol. The molecule has 1 aliphatic rings. The van der Waals surface area contributed by atoms with Gasteiger partial charge in [-0.05, 0) is 41.8 Å². The summed E-state index contributed by atoms with van der Waals surface area (Å²) >= 11 is 6.61. The molecule has 0 amide bonds. The number of aromatic nitrogens is 2. The Morgan fingerprint density at radius 3 is 2.75 bits per heavy atom. The molecule has 2 aromatic carbocycles. The fourth-order valence-corrected chi connectivity index (χ4v) is 4.57. The van der Waals surface area contributed by atoms with Gasteiger partial charge in [-0.25, -0.2) is 9.37 Å². The van der Waals surface area contributed by atoms with Crippen molar-refractivity contribution in [3.63, 3.8) is 0 Å². The molecule has 1 aliphatic heterocycles. The van der Waals surface area contributed by atoms with Crippen molar-refractivity contribution in [1.29, 1.82) is 0 Å². The van der Waals surface area contributed by atoms with Crippen LogP contribution in [0.15, 0.2) is 54.9 Å². The number of nitrogens with one attached hydrogen (secondary N) is 1. The van der Waals surface area contributed by atoms with Crippen molar-refractivity contribution in [2.75, 3.05) is 38.3 Å². The highest BCUT2D eigenvalue weighted by Gasteiger charge is 2.17. The Morgan fingerprint density at radius 1 is 1.12 bits per heavy atom. The van der Waals surface area contributed by atoms with Gasteiger partial charge in [-0.1, -0.05) is 29.8 Å². The summed E-state index contributed by atoms with van der Waals surface area (Å²) in [6.07, 6.45) is 4.39. The van der Waals surface area contributed by atoms with Crippen LogP contribution in [-0.4, -0.2) is 43.4 Å². The summed E-state index contributed by atoms with van der Waals surface area (Å²) in [5, 5.41) is 1.66. The van der Waals surface area contributed by atoms with Crippen molar-refractivity contribution in [3.8, 4) is 16.9 Å². The second-order valence-corrected chi connectivity index (χ2v) is 8.23. The molecule has 0 atom stereocenters. The van der Waals surface area contributed by atoms with E-state index in [0.29, 0.717) is 12.0 Å². The van der Waals surface area contributed by atoms with Crippen molar-refractivity contribution >= 4 is 28.3 Å². The number of pyridine rings is 1. The van der Waals surface area contributed by atoms with E-state index in [1.807, 2.05) is 24.5 Å². The fraction of sp³-hybridized carbons (Fsp3) is 0.240. The molecule has 0 spiro atoms. The second-order valence-electron chi connectivity index (χ2n) is 7.82. The predicted octanol–water partition coefficient (Wildman–Crippen LogP) is 5.46. The van der Waals surface area contributed by atoms with Crippen LogP contribution in [0, 0.1) is 5.82 Å². The Morgan fingerprint density at radius 2 is 1.97 bits per heavy atom. The third-order valence-electron chi connectivity index (χ3n) is 5.82. The molecule has 0 bridgehead atoms. The van der Waals surface area contributed by atoms with Gasteiger partial charge >= 0.3 is 0 Å². The van der Waals surface area contributed by atoms with Gasteiger partial charge in [0.2, 0.25) is 0 Å². The van der Waals surface area contributed by atoms with Crippen molar-refractivity contribution in [2.24, 2.45) is 0 Å². The van der Waals surface area contributed by atoms with E-state index in [4.69, 9.17) is 21.1 Å². The quantitative estimate of drug-likeness (QED) is 0.438. The van der Waals surface area contributed by atoms with E-state index in [0.717, 1.165) is 64.7 Å². The monoisotopic (exact) mass is 451 g/mol. The molecule has 5 rings (SSSR count). The van der Waals surface area contributed by atoms with Gasteiger partial charge in [-0.2, -0.15) is 0 Å². The summed E-state index contributed by atoms with van der Waals surface area (Å²) in [6.45, 7) is 3.14. The van der Waals surface area contributed by atoms with Crippen LogP contribution in [0.3, 0.4) is 0 Å². The molecular weight excluding hydrogens is 429 g/mol. The third-order valence-corrected chi connectivity index (χ3v) is 6.12. The molecule has 0 unspecified atom stereocenters. The molecule has 2 aromatic heterocycles. The third kappa shape index (κ3) is 3.92. The highest BCUT2D eigenvalue weighted by Crippen LogP contribution is 2.36. The fourth-order valence-electron chi connectivity index (χ4n) is 4.25. The lowest BCUT2D eigenvalue weighted by Gasteiger charge is -2.29. The minimum absolute atomic E-state index is 0.226. The lowest BCUT2D eigenvalue weighted by atomic mass is 10.0. The van der Waals surface area contributed by atoms with Gasteiger partial charge < -0.3 is 19.4 Å². The standard InChI is InChI=1S/C25H23ClFN3O2/c1-31-24-18(3-2-4-22(24)27)20-15-29-25-19(20)12-17(14-28-25)11-16-5-6-23(21(26)13-16)30-7-9-32-10-8-30/h2-6,12-15H,7-11H2,1H3,(H,28,29). The van der Waals surface area contributed by atoms with Gasteiger partial charge in [0.05, 0.1) is 31.0 Å². The van der Waals surface area contributed by atoms with E-state index in [2.05, 4.69) is 33.1 Å². The first-order chi connectivity index (χ1) is 15.6. The Labute approximate surface area is 190 Å². The summed E-state index contributed by atoms with van der Waals surface area (Å²) in [5.74, 6) is -0.164. The van der Waals surface area contributed by atoms with Gasteiger partial charge in [0.15, 0.2) is 11.6 Å². The number of H-pyrrole nitrogens is 1. The summed E-state index contributed by atoms with van der Waals surface area (Å²) in [6, 6.07) is 13.2. The maximum atomic E-state index is 14.2. The van der Waals surface area contributed by atoms with Crippen molar-refractivity contribution in [2.45, 2.75) is 6.42 Å². The van der Waals surface area contributed by atoms with E-state index in [1.165, 1.54) is 13.2 Å². The Kier molecular flexibility index (Phi) is 5.72. The topological polar surface area (TPSA) is 50.4 Å². The summed E-state index contributed by atoms with van der Waals surface area (Å²) < 4.78 is 25.0. The molecule has 1 N–H and O–H groups in total. The average Bonchev–Trinajstić information content (AvgIpc) is 3.23. The number of hydrogen-bond acceptors (Lipinski definition) is 4. The zero-order valence-corrected chi connectivity index (χ0v) is 18.5. The Balaban J connectivity index is 1.45. The summed E-state index contributed by atoms with van der Waals surface area (Å²) in [7, 11) is 1.48. The maximum absolute atomic E-state index is 14.2. The number of methoxy groups -OCH3 is 1. The predicted molar refractivity (Wildman–Crippen MR) is 125 cm³/mol.